The van der Waals surface area contributed by atoms with Crippen LogP contribution in [0.5, 0.6) is 0 Å². The van der Waals surface area contributed by atoms with Gasteiger partial charge in [-0.05, 0) is 26.3 Å². The first kappa shape index (κ1) is 12.3. The van der Waals surface area contributed by atoms with Gasteiger partial charge in [0.2, 0.25) is 0 Å². The molecule has 0 amide bonds. The molecule has 0 spiro atoms. The molecular weight excluding hydrogens is 212 g/mol. The third kappa shape index (κ3) is 2.94. The average Bonchev–Trinajstić information content (AvgIpc) is 2.85. The fourth-order valence-electron chi connectivity index (χ4n) is 2.45. The van der Waals surface area contributed by atoms with Crippen LogP contribution in [-0.2, 0) is 6.42 Å². The second-order valence-corrected chi connectivity index (χ2v) is 4.55. The molecule has 2 rings (SSSR count). The van der Waals surface area contributed by atoms with E-state index in [1.54, 1.807) is 6.33 Å². The van der Waals surface area contributed by atoms with Crippen molar-refractivity contribution in [3.8, 4) is 0 Å². The maximum absolute atomic E-state index is 4.42. The van der Waals surface area contributed by atoms with Crippen LogP contribution in [0, 0.1) is 0 Å². The maximum Gasteiger partial charge on any atom is 0.132 e. The summed E-state index contributed by atoms with van der Waals surface area (Å²) in [5, 5.41) is 3.41. The summed E-state index contributed by atoms with van der Waals surface area (Å²) in [6.07, 6.45) is 5.08. The number of likely N-dealkylation sites (N-methyl/N-ethyl adjacent to an activating group) is 1. The van der Waals surface area contributed by atoms with Gasteiger partial charge in [-0.25, -0.2) is 9.97 Å². The minimum absolute atomic E-state index is 0.587. The SMILES string of the molecule is CCCc1cc(N(CC)C2CCNC2)ncn1. The molecule has 2 heterocycles. The van der Waals surface area contributed by atoms with Gasteiger partial charge >= 0.3 is 0 Å². The lowest BCUT2D eigenvalue weighted by Gasteiger charge is -2.28. The van der Waals surface area contributed by atoms with Gasteiger partial charge in [0.15, 0.2) is 0 Å². The highest BCUT2D eigenvalue weighted by molar-refractivity contribution is 5.40. The molecule has 1 atom stereocenters. The van der Waals surface area contributed by atoms with Crippen LogP contribution in [0.2, 0.25) is 0 Å². The van der Waals surface area contributed by atoms with E-state index in [1.807, 2.05) is 0 Å². The molecule has 1 aliphatic rings. The van der Waals surface area contributed by atoms with Gasteiger partial charge < -0.3 is 10.2 Å². The summed E-state index contributed by atoms with van der Waals surface area (Å²) in [5.41, 5.74) is 1.15. The van der Waals surface area contributed by atoms with Crippen molar-refractivity contribution in [2.45, 2.75) is 39.2 Å². The van der Waals surface area contributed by atoms with Gasteiger partial charge in [0.25, 0.3) is 0 Å². The molecule has 1 unspecified atom stereocenters. The first-order valence-corrected chi connectivity index (χ1v) is 6.63. The van der Waals surface area contributed by atoms with E-state index >= 15 is 0 Å². The summed E-state index contributed by atoms with van der Waals surface area (Å²) in [6.45, 7) is 7.57. The van der Waals surface area contributed by atoms with E-state index < -0.39 is 0 Å². The van der Waals surface area contributed by atoms with E-state index in [9.17, 15) is 0 Å². The second kappa shape index (κ2) is 5.96. The zero-order valence-electron chi connectivity index (χ0n) is 10.8. The monoisotopic (exact) mass is 234 g/mol. The molecule has 1 aromatic heterocycles. The molecule has 0 bridgehead atoms. The van der Waals surface area contributed by atoms with Crippen molar-refractivity contribution < 1.29 is 0 Å². The summed E-state index contributed by atoms with van der Waals surface area (Å²) in [6, 6.07) is 2.73. The van der Waals surface area contributed by atoms with Gasteiger partial charge in [0.1, 0.15) is 12.1 Å². The zero-order valence-corrected chi connectivity index (χ0v) is 10.8. The number of nitrogens with one attached hydrogen (secondary N) is 1. The second-order valence-electron chi connectivity index (χ2n) is 4.55. The number of hydrogen-bond donors (Lipinski definition) is 1. The van der Waals surface area contributed by atoms with Gasteiger partial charge in [-0.15, -0.1) is 0 Å². The van der Waals surface area contributed by atoms with Crippen LogP contribution in [0.1, 0.15) is 32.4 Å². The van der Waals surface area contributed by atoms with Crippen molar-refractivity contribution in [2.24, 2.45) is 0 Å². The van der Waals surface area contributed by atoms with E-state index in [0.29, 0.717) is 6.04 Å². The predicted molar refractivity (Wildman–Crippen MR) is 70.3 cm³/mol. The largest absolute Gasteiger partial charge is 0.352 e. The summed E-state index contributed by atoms with van der Waals surface area (Å²) in [5.74, 6) is 1.08. The van der Waals surface area contributed by atoms with Crippen molar-refractivity contribution in [3.05, 3.63) is 18.1 Å². The van der Waals surface area contributed by atoms with Crippen LogP contribution < -0.4 is 10.2 Å². The number of nitrogens with zero attached hydrogens (tertiary/aromatic N) is 3. The Hall–Kier alpha value is -1.16. The number of aromatic nitrogens is 2. The van der Waals surface area contributed by atoms with Gasteiger partial charge in [-0.3, -0.25) is 0 Å². The van der Waals surface area contributed by atoms with Crippen LogP contribution in [0.25, 0.3) is 0 Å². The molecule has 1 fully saturated rings. The Morgan fingerprint density at radius 3 is 2.94 bits per heavy atom. The smallest absolute Gasteiger partial charge is 0.132 e. The summed E-state index contributed by atoms with van der Waals surface area (Å²) in [7, 11) is 0. The highest BCUT2D eigenvalue weighted by atomic mass is 15.2. The maximum atomic E-state index is 4.42. The minimum Gasteiger partial charge on any atom is -0.352 e. The standard InChI is InChI=1S/C13H22N4/c1-3-5-11-8-13(16-10-15-11)17(4-2)12-6-7-14-9-12/h8,10,12,14H,3-7,9H2,1-2H3. The van der Waals surface area contributed by atoms with Crippen LogP contribution >= 0.6 is 0 Å². The quantitative estimate of drug-likeness (QED) is 0.840. The van der Waals surface area contributed by atoms with Gasteiger partial charge in [-0.2, -0.15) is 0 Å². The molecule has 1 N–H and O–H groups in total. The Morgan fingerprint density at radius 1 is 1.41 bits per heavy atom. The molecule has 4 nitrogen and oxygen atoms in total. The summed E-state index contributed by atoms with van der Waals surface area (Å²) < 4.78 is 0. The van der Waals surface area contributed by atoms with E-state index in [2.05, 4.69) is 40.1 Å². The van der Waals surface area contributed by atoms with Crippen molar-refractivity contribution in [1.29, 1.82) is 0 Å². The molecular formula is C13H22N4. The fourth-order valence-corrected chi connectivity index (χ4v) is 2.45. The number of anilines is 1. The van der Waals surface area contributed by atoms with E-state index in [0.717, 1.165) is 44.0 Å². The highest BCUT2D eigenvalue weighted by Gasteiger charge is 2.22. The van der Waals surface area contributed by atoms with Crippen molar-refractivity contribution in [1.82, 2.24) is 15.3 Å². The fraction of sp³-hybridized carbons (Fsp3) is 0.692. The molecule has 0 aromatic carbocycles. The first-order chi connectivity index (χ1) is 8.35. The Balaban J connectivity index is 2.14. The third-order valence-corrected chi connectivity index (χ3v) is 3.33. The van der Waals surface area contributed by atoms with Crippen molar-refractivity contribution >= 4 is 5.82 Å². The van der Waals surface area contributed by atoms with Crippen molar-refractivity contribution in [3.63, 3.8) is 0 Å². The Kier molecular flexibility index (Phi) is 4.31. The Labute approximate surface area is 103 Å². The van der Waals surface area contributed by atoms with Crippen molar-refractivity contribution in [2.75, 3.05) is 24.5 Å². The van der Waals surface area contributed by atoms with Crippen LogP contribution in [0.4, 0.5) is 5.82 Å². The molecule has 1 aromatic rings. The van der Waals surface area contributed by atoms with E-state index in [1.165, 1.54) is 6.42 Å². The number of aryl methyl sites for hydroxylation is 1. The molecule has 1 aliphatic heterocycles. The number of hydrogen-bond acceptors (Lipinski definition) is 4. The lowest BCUT2D eigenvalue weighted by atomic mass is 10.2. The Bertz CT molecular complexity index is 347. The summed E-state index contributed by atoms with van der Waals surface area (Å²) >= 11 is 0. The minimum atomic E-state index is 0.587. The van der Waals surface area contributed by atoms with E-state index in [-0.39, 0.29) is 0 Å². The third-order valence-electron chi connectivity index (χ3n) is 3.33. The topological polar surface area (TPSA) is 41.0 Å². The predicted octanol–water partition coefficient (Wildman–Crippen LogP) is 1.62. The average molecular weight is 234 g/mol. The molecule has 4 heteroatoms. The molecule has 17 heavy (non-hydrogen) atoms. The van der Waals surface area contributed by atoms with E-state index in [4.69, 9.17) is 0 Å². The van der Waals surface area contributed by atoms with Gasteiger partial charge in [-0.1, -0.05) is 13.3 Å². The molecule has 94 valence electrons. The van der Waals surface area contributed by atoms with Gasteiger partial charge in [0, 0.05) is 30.9 Å². The molecule has 0 saturated carbocycles. The lowest BCUT2D eigenvalue weighted by molar-refractivity contribution is 0.638. The summed E-state index contributed by atoms with van der Waals surface area (Å²) in [4.78, 5) is 11.1. The zero-order chi connectivity index (χ0) is 12.1. The Morgan fingerprint density at radius 2 is 2.29 bits per heavy atom. The lowest BCUT2D eigenvalue weighted by Crippen LogP contribution is -2.37. The molecule has 0 aliphatic carbocycles. The van der Waals surface area contributed by atoms with Crippen LogP contribution in [-0.4, -0.2) is 35.6 Å². The molecule has 1 saturated heterocycles. The van der Waals surface area contributed by atoms with Gasteiger partial charge in [0.05, 0.1) is 0 Å². The van der Waals surface area contributed by atoms with Crippen LogP contribution in [0.3, 0.4) is 0 Å². The van der Waals surface area contributed by atoms with Crippen LogP contribution in [0.15, 0.2) is 12.4 Å². The molecule has 0 radical (unpaired) electrons. The number of rotatable bonds is 5. The first-order valence-electron chi connectivity index (χ1n) is 6.63. The normalized spacial score (nSPS) is 19.5. The highest BCUT2D eigenvalue weighted by Crippen LogP contribution is 2.18.